The van der Waals surface area contributed by atoms with E-state index in [1.165, 1.54) is 35.6 Å². The molecule has 1 atom stereocenters. The third-order valence-corrected chi connectivity index (χ3v) is 4.05. The Kier molecular flexibility index (Phi) is 3.81. The van der Waals surface area contributed by atoms with Gasteiger partial charge < -0.3 is 11.1 Å². The SMILES string of the molecule is NCC(NCCC1CC1)c1ccc2ccccc2c1. The normalized spacial score (nSPS) is 16.7. The van der Waals surface area contributed by atoms with E-state index in [9.17, 15) is 0 Å². The number of benzene rings is 2. The molecule has 3 N–H and O–H groups in total. The van der Waals surface area contributed by atoms with E-state index in [4.69, 9.17) is 5.73 Å². The molecule has 0 aliphatic heterocycles. The molecule has 100 valence electrons. The van der Waals surface area contributed by atoms with Crippen LogP contribution < -0.4 is 11.1 Å². The Hall–Kier alpha value is -1.38. The van der Waals surface area contributed by atoms with Crippen LogP contribution >= 0.6 is 0 Å². The van der Waals surface area contributed by atoms with Gasteiger partial charge in [-0.1, -0.05) is 49.2 Å². The van der Waals surface area contributed by atoms with Crippen LogP contribution in [0.5, 0.6) is 0 Å². The third-order valence-electron chi connectivity index (χ3n) is 4.05. The molecule has 3 rings (SSSR count). The van der Waals surface area contributed by atoms with Crippen molar-refractivity contribution in [2.75, 3.05) is 13.1 Å². The predicted octanol–water partition coefficient (Wildman–Crippen LogP) is 3.23. The highest BCUT2D eigenvalue weighted by molar-refractivity contribution is 5.83. The molecule has 0 amide bonds. The summed E-state index contributed by atoms with van der Waals surface area (Å²) in [6.45, 7) is 1.74. The number of hydrogen-bond donors (Lipinski definition) is 2. The Labute approximate surface area is 115 Å². The van der Waals surface area contributed by atoms with E-state index in [1.807, 2.05) is 0 Å². The van der Waals surface area contributed by atoms with E-state index < -0.39 is 0 Å². The first-order valence-corrected chi connectivity index (χ1v) is 7.29. The maximum atomic E-state index is 5.92. The van der Waals surface area contributed by atoms with Gasteiger partial charge in [-0.15, -0.1) is 0 Å². The summed E-state index contributed by atoms with van der Waals surface area (Å²) in [6, 6.07) is 15.4. The standard InChI is InChI=1S/C17H22N2/c18-12-17(19-10-9-13-5-6-13)16-8-7-14-3-1-2-4-15(14)11-16/h1-4,7-8,11,13,17,19H,5-6,9-10,12,18H2. The van der Waals surface area contributed by atoms with Gasteiger partial charge in [0.05, 0.1) is 0 Å². The van der Waals surface area contributed by atoms with Gasteiger partial charge in [0.25, 0.3) is 0 Å². The second-order valence-electron chi connectivity index (χ2n) is 5.58. The summed E-state index contributed by atoms with van der Waals surface area (Å²) < 4.78 is 0. The molecule has 0 saturated heterocycles. The maximum Gasteiger partial charge on any atom is 0.0444 e. The van der Waals surface area contributed by atoms with E-state index in [0.29, 0.717) is 6.54 Å². The maximum absolute atomic E-state index is 5.92. The van der Waals surface area contributed by atoms with Gasteiger partial charge in [0.15, 0.2) is 0 Å². The van der Waals surface area contributed by atoms with Gasteiger partial charge in [-0.2, -0.15) is 0 Å². The lowest BCUT2D eigenvalue weighted by atomic mass is 10.0. The van der Waals surface area contributed by atoms with Gasteiger partial charge in [-0.3, -0.25) is 0 Å². The van der Waals surface area contributed by atoms with Crippen molar-refractivity contribution >= 4 is 10.8 Å². The van der Waals surface area contributed by atoms with Gasteiger partial charge in [0.2, 0.25) is 0 Å². The second kappa shape index (κ2) is 5.72. The third kappa shape index (κ3) is 3.14. The Bertz CT molecular complexity index is 546. The van der Waals surface area contributed by atoms with Crippen LogP contribution in [0.25, 0.3) is 10.8 Å². The highest BCUT2D eigenvalue weighted by Crippen LogP contribution is 2.32. The summed E-state index contributed by atoms with van der Waals surface area (Å²) in [5, 5.41) is 6.18. The molecule has 2 nitrogen and oxygen atoms in total. The average Bonchev–Trinajstić information content (AvgIpc) is 3.27. The van der Waals surface area contributed by atoms with Crippen LogP contribution in [0, 0.1) is 5.92 Å². The molecule has 1 aliphatic carbocycles. The summed E-state index contributed by atoms with van der Waals surface area (Å²) in [6.07, 6.45) is 4.14. The minimum Gasteiger partial charge on any atom is -0.329 e. The van der Waals surface area contributed by atoms with Crippen molar-refractivity contribution in [2.45, 2.75) is 25.3 Å². The van der Waals surface area contributed by atoms with Gasteiger partial charge in [-0.25, -0.2) is 0 Å². The molecule has 2 aromatic rings. The smallest absolute Gasteiger partial charge is 0.0444 e. The van der Waals surface area contributed by atoms with Crippen molar-refractivity contribution in [3.05, 3.63) is 48.0 Å². The lowest BCUT2D eigenvalue weighted by Gasteiger charge is -2.18. The molecule has 0 heterocycles. The molecule has 2 aromatic carbocycles. The van der Waals surface area contributed by atoms with Gasteiger partial charge in [0, 0.05) is 12.6 Å². The van der Waals surface area contributed by atoms with Crippen molar-refractivity contribution in [1.29, 1.82) is 0 Å². The van der Waals surface area contributed by atoms with Crippen LogP contribution in [0.3, 0.4) is 0 Å². The average molecular weight is 254 g/mol. The Morgan fingerprint density at radius 2 is 1.89 bits per heavy atom. The first kappa shape index (κ1) is 12.6. The topological polar surface area (TPSA) is 38.0 Å². The molecule has 1 unspecified atom stereocenters. The molecule has 19 heavy (non-hydrogen) atoms. The Balaban J connectivity index is 1.71. The number of nitrogens with two attached hydrogens (primary N) is 1. The highest BCUT2D eigenvalue weighted by Gasteiger charge is 2.20. The van der Waals surface area contributed by atoms with Crippen LogP contribution in [0.15, 0.2) is 42.5 Å². The zero-order valence-corrected chi connectivity index (χ0v) is 11.3. The minimum atomic E-state index is 0.281. The summed E-state index contributed by atoms with van der Waals surface area (Å²) in [4.78, 5) is 0. The lowest BCUT2D eigenvalue weighted by Crippen LogP contribution is -2.29. The molecular formula is C17H22N2. The van der Waals surface area contributed by atoms with E-state index in [1.54, 1.807) is 0 Å². The molecule has 1 aliphatic rings. The quantitative estimate of drug-likeness (QED) is 0.830. The van der Waals surface area contributed by atoms with E-state index >= 15 is 0 Å². The molecule has 1 saturated carbocycles. The molecule has 0 bridgehead atoms. The number of rotatable bonds is 6. The predicted molar refractivity (Wildman–Crippen MR) is 81.1 cm³/mol. The molecule has 0 aromatic heterocycles. The number of nitrogens with one attached hydrogen (secondary N) is 1. The molecule has 1 fully saturated rings. The van der Waals surface area contributed by atoms with E-state index in [-0.39, 0.29) is 6.04 Å². The summed E-state index contributed by atoms with van der Waals surface area (Å²) in [7, 11) is 0. The zero-order chi connectivity index (χ0) is 13.1. The van der Waals surface area contributed by atoms with E-state index in [2.05, 4.69) is 47.8 Å². The molecule has 0 radical (unpaired) electrons. The van der Waals surface area contributed by atoms with Crippen molar-refractivity contribution in [3.63, 3.8) is 0 Å². The molecule has 2 heteroatoms. The minimum absolute atomic E-state index is 0.281. The van der Waals surface area contributed by atoms with Crippen LogP contribution in [0.2, 0.25) is 0 Å². The van der Waals surface area contributed by atoms with Crippen LogP contribution in [0.1, 0.15) is 30.9 Å². The Morgan fingerprint density at radius 1 is 1.11 bits per heavy atom. The van der Waals surface area contributed by atoms with Crippen LogP contribution in [-0.2, 0) is 0 Å². The number of hydrogen-bond acceptors (Lipinski definition) is 2. The van der Waals surface area contributed by atoms with Gasteiger partial charge >= 0.3 is 0 Å². The van der Waals surface area contributed by atoms with Crippen molar-refractivity contribution in [1.82, 2.24) is 5.32 Å². The van der Waals surface area contributed by atoms with E-state index in [0.717, 1.165) is 12.5 Å². The largest absolute Gasteiger partial charge is 0.329 e. The molecular weight excluding hydrogens is 232 g/mol. The summed E-state index contributed by atoms with van der Waals surface area (Å²) in [5.41, 5.74) is 7.22. The zero-order valence-electron chi connectivity index (χ0n) is 11.3. The molecule has 0 spiro atoms. The van der Waals surface area contributed by atoms with Crippen molar-refractivity contribution in [3.8, 4) is 0 Å². The lowest BCUT2D eigenvalue weighted by molar-refractivity contribution is 0.516. The highest BCUT2D eigenvalue weighted by atomic mass is 14.9. The van der Waals surface area contributed by atoms with Crippen molar-refractivity contribution in [2.24, 2.45) is 11.7 Å². The fraction of sp³-hybridized carbons (Fsp3) is 0.412. The summed E-state index contributed by atoms with van der Waals surface area (Å²) >= 11 is 0. The first-order chi connectivity index (χ1) is 9.36. The van der Waals surface area contributed by atoms with Gasteiger partial charge in [0.1, 0.15) is 0 Å². The number of fused-ring (bicyclic) bond motifs is 1. The summed E-state index contributed by atoms with van der Waals surface area (Å²) in [5.74, 6) is 0.975. The van der Waals surface area contributed by atoms with Crippen LogP contribution in [-0.4, -0.2) is 13.1 Å². The first-order valence-electron chi connectivity index (χ1n) is 7.29. The monoisotopic (exact) mass is 254 g/mol. The van der Waals surface area contributed by atoms with Gasteiger partial charge in [-0.05, 0) is 41.3 Å². The Morgan fingerprint density at radius 3 is 2.63 bits per heavy atom. The fourth-order valence-corrected chi connectivity index (χ4v) is 2.63. The van der Waals surface area contributed by atoms with Crippen LogP contribution in [0.4, 0.5) is 0 Å². The second-order valence-corrected chi connectivity index (χ2v) is 5.58. The van der Waals surface area contributed by atoms with Crippen molar-refractivity contribution < 1.29 is 0 Å². The fourth-order valence-electron chi connectivity index (χ4n) is 2.63.